The number of amides is 1. The third-order valence-corrected chi connectivity index (χ3v) is 6.50. The molecule has 1 aromatic heterocycles. The molecular weight excluding hydrogens is 344 g/mol. The van der Waals surface area contributed by atoms with Crippen LogP contribution in [0.4, 0.5) is 0 Å². The van der Waals surface area contributed by atoms with E-state index in [1.165, 1.54) is 35.4 Å². The van der Waals surface area contributed by atoms with Gasteiger partial charge in [0.2, 0.25) is 5.91 Å². The van der Waals surface area contributed by atoms with Crippen LogP contribution in [-0.4, -0.2) is 71.4 Å². The summed E-state index contributed by atoms with van der Waals surface area (Å²) in [4.78, 5) is 24.2. The number of nitrogens with zero attached hydrogens (tertiary/aromatic N) is 4. The lowest BCUT2D eigenvalue weighted by atomic mass is 10.2. The fourth-order valence-corrected chi connectivity index (χ4v) is 4.91. The molecule has 4 rings (SSSR count). The Morgan fingerprint density at radius 1 is 0.923 bits per heavy atom. The molecule has 26 heavy (non-hydrogen) atoms. The van der Waals surface area contributed by atoms with Crippen molar-refractivity contribution in [2.45, 2.75) is 32.2 Å². The molecule has 0 saturated carbocycles. The number of carbonyl (C=O) groups excluding carboxylic acids is 1. The van der Waals surface area contributed by atoms with Crippen LogP contribution in [0.2, 0.25) is 0 Å². The molecule has 2 aliphatic heterocycles. The van der Waals surface area contributed by atoms with Gasteiger partial charge in [-0.15, -0.1) is 11.3 Å². The first-order valence-corrected chi connectivity index (χ1v) is 10.7. The predicted molar refractivity (Wildman–Crippen MR) is 106 cm³/mol. The quantitative estimate of drug-likeness (QED) is 0.827. The average Bonchev–Trinajstić information content (AvgIpc) is 2.87. The molecule has 1 amide bonds. The summed E-state index contributed by atoms with van der Waals surface area (Å²) in [6.45, 7) is 7.41. The van der Waals surface area contributed by atoms with E-state index in [1.807, 2.05) is 6.07 Å². The maximum absolute atomic E-state index is 12.6. The third-order valence-electron chi connectivity index (χ3n) is 5.48. The van der Waals surface area contributed by atoms with Gasteiger partial charge in [0.15, 0.2) is 0 Å². The molecule has 2 fully saturated rings. The SMILES string of the molecule is O=C(CN1CCN(Cc2nc3ccccc3s2)CC1)N1CCCCCC1. The van der Waals surface area contributed by atoms with Crippen molar-refractivity contribution in [3.63, 3.8) is 0 Å². The first kappa shape index (κ1) is 17.9. The van der Waals surface area contributed by atoms with Crippen LogP contribution < -0.4 is 0 Å². The average molecular weight is 373 g/mol. The Bertz CT molecular complexity index is 697. The molecule has 5 nitrogen and oxygen atoms in total. The van der Waals surface area contributed by atoms with Crippen LogP contribution in [0.25, 0.3) is 10.2 Å². The highest BCUT2D eigenvalue weighted by Crippen LogP contribution is 2.23. The summed E-state index contributed by atoms with van der Waals surface area (Å²) in [5.74, 6) is 0.325. The van der Waals surface area contributed by atoms with Gasteiger partial charge in [-0.25, -0.2) is 4.98 Å². The number of hydrogen-bond acceptors (Lipinski definition) is 5. The Morgan fingerprint density at radius 2 is 1.62 bits per heavy atom. The van der Waals surface area contributed by atoms with Crippen LogP contribution in [-0.2, 0) is 11.3 Å². The number of para-hydroxylation sites is 1. The van der Waals surface area contributed by atoms with Gasteiger partial charge >= 0.3 is 0 Å². The number of aromatic nitrogens is 1. The lowest BCUT2D eigenvalue weighted by molar-refractivity contribution is -0.132. The number of rotatable bonds is 4. The molecule has 0 N–H and O–H groups in total. The molecule has 6 heteroatoms. The lowest BCUT2D eigenvalue weighted by Crippen LogP contribution is -2.49. The molecule has 2 aromatic rings. The molecule has 2 aliphatic rings. The van der Waals surface area contributed by atoms with Gasteiger partial charge < -0.3 is 4.90 Å². The first-order chi connectivity index (χ1) is 12.8. The molecule has 0 bridgehead atoms. The summed E-state index contributed by atoms with van der Waals surface area (Å²) in [5, 5.41) is 1.19. The second-order valence-electron chi connectivity index (χ2n) is 7.42. The molecule has 0 radical (unpaired) electrons. The standard InChI is InChI=1S/C20H28N4OS/c25-20(24-9-5-1-2-6-10-24)16-23-13-11-22(12-14-23)15-19-21-17-7-3-4-8-18(17)26-19/h3-4,7-8H,1-2,5-6,9-16H2. The van der Waals surface area contributed by atoms with Gasteiger partial charge in [-0.1, -0.05) is 25.0 Å². The molecule has 140 valence electrons. The predicted octanol–water partition coefficient (Wildman–Crippen LogP) is 2.82. The van der Waals surface area contributed by atoms with Crippen LogP contribution in [0.3, 0.4) is 0 Å². The number of piperazine rings is 1. The van der Waals surface area contributed by atoms with E-state index >= 15 is 0 Å². The number of carbonyl (C=O) groups is 1. The van der Waals surface area contributed by atoms with Crippen LogP contribution in [0.15, 0.2) is 24.3 Å². The zero-order valence-electron chi connectivity index (χ0n) is 15.4. The van der Waals surface area contributed by atoms with E-state index in [0.717, 1.165) is 51.3 Å². The Labute approximate surface area is 159 Å². The third kappa shape index (κ3) is 4.42. The summed E-state index contributed by atoms with van der Waals surface area (Å²) in [7, 11) is 0. The number of thiazole rings is 1. The van der Waals surface area contributed by atoms with Crippen molar-refractivity contribution in [2.75, 3.05) is 45.8 Å². The van der Waals surface area contributed by atoms with E-state index in [-0.39, 0.29) is 0 Å². The van der Waals surface area contributed by atoms with Crippen molar-refractivity contribution in [3.05, 3.63) is 29.3 Å². The van der Waals surface area contributed by atoms with E-state index in [4.69, 9.17) is 4.98 Å². The van der Waals surface area contributed by atoms with Crippen molar-refractivity contribution in [1.82, 2.24) is 19.7 Å². The molecule has 0 aliphatic carbocycles. The maximum atomic E-state index is 12.6. The van der Waals surface area contributed by atoms with E-state index in [2.05, 4.69) is 32.9 Å². The van der Waals surface area contributed by atoms with Crippen LogP contribution in [0.1, 0.15) is 30.7 Å². The topological polar surface area (TPSA) is 39.7 Å². The van der Waals surface area contributed by atoms with Crippen molar-refractivity contribution >= 4 is 27.5 Å². The second-order valence-corrected chi connectivity index (χ2v) is 8.54. The van der Waals surface area contributed by atoms with Gasteiger partial charge in [-0.2, -0.15) is 0 Å². The van der Waals surface area contributed by atoms with Gasteiger partial charge in [0.1, 0.15) is 5.01 Å². The van der Waals surface area contributed by atoms with Gasteiger partial charge in [-0.05, 0) is 25.0 Å². The Morgan fingerprint density at radius 3 is 2.35 bits per heavy atom. The molecule has 0 atom stereocenters. The van der Waals surface area contributed by atoms with Crippen molar-refractivity contribution in [1.29, 1.82) is 0 Å². The zero-order chi connectivity index (χ0) is 17.8. The van der Waals surface area contributed by atoms with Crippen LogP contribution in [0, 0.1) is 0 Å². The molecule has 0 spiro atoms. The van der Waals surface area contributed by atoms with E-state index in [1.54, 1.807) is 11.3 Å². The minimum absolute atomic E-state index is 0.325. The monoisotopic (exact) mass is 372 g/mol. The Balaban J connectivity index is 1.25. The summed E-state index contributed by atoms with van der Waals surface area (Å²) < 4.78 is 1.27. The highest BCUT2D eigenvalue weighted by molar-refractivity contribution is 7.18. The number of hydrogen-bond donors (Lipinski definition) is 0. The number of likely N-dealkylation sites (tertiary alicyclic amines) is 1. The molecular formula is C20H28N4OS. The Hall–Kier alpha value is -1.50. The molecule has 0 unspecified atom stereocenters. The highest BCUT2D eigenvalue weighted by atomic mass is 32.1. The van der Waals surface area contributed by atoms with Gasteiger partial charge in [0.25, 0.3) is 0 Å². The fraction of sp³-hybridized carbons (Fsp3) is 0.600. The fourth-order valence-electron chi connectivity index (χ4n) is 3.90. The first-order valence-electron chi connectivity index (χ1n) is 9.85. The van der Waals surface area contributed by atoms with Crippen molar-refractivity contribution in [2.24, 2.45) is 0 Å². The van der Waals surface area contributed by atoms with Crippen molar-refractivity contribution in [3.8, 4) is 0 Å². The van der Waals surface area contributed by atoms with Gasteiger partial charge in [0, 0.05) is 39.3 Å². The van der Waals surface area contributed by atoms with Crippen LogP contribution in [0.5, 0.6) is 0 Å². The maximum Gasteiger partial charge on any atom is 0.236 e. The van der Waals surface area contributed by atoms with E-state index in [9.17, 15) is 4.79 Å². The zero-order valence-corrected chi connectivity index (χ0v) is 16.2. The summed E-state index contributed by atoms with van der Waals surface area (Å²) in [6, 6.07) is 8.35. The smallest absolute Gasteiger partial charge is 0.236 e. The number of fused-ring (bicyclic) bond motifs is 1. The van der Waals surface area contributed by atoms with Gasteiger partial charge in [0.05, 0.1) is 23.3 Å². The summed E-state index contributed by atoms with van der Waals surface area (Å²) >= 11 is 1.80. The van der Waals surface area contributed by atoms with Crippen LogP contribution >= 0.6 is 11.3 Å². The molecule has 3 heterocycles. The molecule has 2 saturated heterocycles. The summed E-state index contributed by atoms with van der Waals surface area (Å²) in [6.07, 6.45) is 4.88. The minimum atomic E-state index is 0.325. The molecule has 1 aromatic carbocycles. The van der Waals surface area contributed by atoms with Gasteiger partial charge in [-0.3, -0.25) is 14.6 Å². The van der Waals surface area contributed by atoms with E-state index < -0.39 is 0 Å². The summed E-state index contributed by atoms with van der Waals surface area (Å²) in [5.41, 5.74) is 1.11. The highest BCUT2D eigenvalue weighted by Gasteiger charge is 2.22. The van der Waals surface area contributed by atoms with E-state index in [0.29, 0.717) is 12.5 Å². The Kier molecular flexibility index (Phi) is 5.82. The normalized spacial score (nSPS) is 20.4. The second kappa shape index (κ2) is 8.46. The minimum Gasteiger partial charge on any atom is -0.342 e. The van der Waals surface area contributed by atoms with Crippen molar-refractivity contribution < 1.29 is 4.79 Å². The lowest BCUT2D eigenvalue weighted by Gasteiger charge is -2.34. The number of benzene rings is 1. The largest absolute Gasteiger partial charge is 0.342 e.